The zero-order chi connectivity index (χ0) is 26.9. The highest BCUT2D eigenvalue weighted by atomic mass is 32.2. The molecule has 38 heavy (non-hydrogen) atoms. The Balaban J connectivity index is 1.67. The maximum Gasteiger partial charge on any atom is 0.339 e. The number of anilines is 1. The third-order valence-corrected chi connectivity index (χ3v) is 7.76. The highest BCUT2D eigenvalue weighted by Crippen LogP contribution is 2.40. The highest BCUT2D eigenvalue weighted by molar-refractivity contribution is 7.92. The Morgan fingerprint density at radius 1 is 0.842 bits per heavy atom. The van der Waals surface area contributed by atoms with Gasteiger partial charge in [0, 0.05) is 11.1 Å². The van der Waals surface area contributed by atoms with E-state index in [2.05, 4.69) is 4.72 Å². The van der Waals surface area contributed by atoms with E-state index in [1.54, 1.807) is 48.5 Å². The van der Waals surface area contributed by atoms with Gasteiger partial charge in [-0.25, -0.2) is 13.2 Å². The lowest BCUT2D eigenvalue weighted by Gasteiger charge is -2.20. The van der Waals surface area contributed by atoms with Crippen LogP contribution in [0.4, 0.5) is 5.69 Å². The molecule has 1 aromatic heterocycles. The van der Waals surface area contributed by atoms with E-state index in [-0.39, 0.29) is 11.5 Å². The monoisotopic (exact) mass is 525 g/mol. The van der Waals surface area contributed by atoms with E-state index in [4.69, 9.17) is 9.15 Å². The maximum atomic E-state index is 13.4. The first-order valence-electron chi connectivity index (χ1n) is 12.2. The Labute approximate surface area is 221 Å². The molecule has 5 aromatic rings. The van der Waals surface area contributed by atoms with Crippen LogP contribution in [0.3, 0.4) is 0 Å². The number of hydrogen-bond acceptors (Lipinski definition) is 5. The minimum absolute atomic E-state index is 0.0160. The second kappa shape index (κ2) is 10.2. The first kappa shape index (κ1) is 25.3. The van der Waals surface area contributed by atoms with Crippen molar-refractivity contribution < 1.29 is 22.4 Å². The number of furan rings is 1. The van der Waals surface area contributed by atoms with Crippen molar-refractivity contribution >= 4 is 32.5 Å². The summed E-state index contributed by atoms with van der Waals surface area (Å²) in [5.74, 6) is -0.00628. The fraction of sp³-hybridized carbons (Fsp3) is 0.129. The van der Waals surface area contributed by atoms with Crippen LogP contribution in [-0.4, -0.2) is 14.4 Å². The molecule has 0 unspecified atom stereocenters. The van der Waals surface area contributed by atoms with E-state index >= 15 is 0 Å². The van der Waals surface area contributed by atoms with Gasteiger partial charge in [-0.05, 0) is 79.1 Å². The standard InChI is InChI=1S/C31H27NO5S/c1-20-10-13-25(14-11-20)38(34,35)32-28-18-21(2)17-22(3)29(28)30-26-9-5-4-7-23(26)12-15-27(30)31(33)37-19-24-8-6-16-36-24/h4-18,32H,19H2,1-3H3. The third-order valence-electron chi connectivity index (χ3n) is 6.38. The van der Waals surface area contributed by atoms with Gasteiger partial charge in [-0.1, -0.05) is 54.1 Å². The normalized spacial score (nSPS) is 11.4. The summed E-state index contributed by atoms with van der Waals surface area (Å²) < 4.78 is 40.5. The molecular formula is C31H27NO5S. The van der Waals surface area contributed by atoms with Crippen LogP contribution in [0.5, 0.6) is 0 Å². The smallest absolute Gasteiger partial charge is 0.339 e. The Morgan fingerprint density at radius 3 is 2.34 bits per heavy atom. The van der Waals surface area contributed by atoms with Gasteiger partial charge in [-0.2, -0.15) is 0 Å². The van der Waals surface area contributed by atoms with E-state index in [0.717, 1.165) is 27.5 Å². The van der Waals surface area contributed by atoms with Crippen molar-refractivity contribution in [2.24, 2.45) is 0 Å². The molecule has 0 aliphatic rings. The molecule has 0 atom stereocenters. The average Bonchev–Trinajstić information content (AvgIpc) is 3.41. The number of fused-ring (bicyclic) bond motifs is 1. The van der Waals surface area contributed by atoms with Crippen LogP contribution < -0.4 is 4.72 Å². The van der Waals surface area contributed by atoms with Crippen LogP contribution in [0.25, 0.3) is 21.9 Å². The van der Waals surface area contributed by atoms with Crippen molar-refractivity contribution in [3.05, 3.63) is 119 Å². The third kappa shape index (κ3) is 5.06. The van der Waals surface area contributed by atoms with Gasteiger partial charge in [0.1, 0.15) is 12.4 Å². The first-order valence-corrected chi connectivity index (χ1v) is 13.6. The topological polar surface area (TPSA) is 85.6 Å². The molecule has 0 fully saturated rings. The van der Waals surface area contributed by atoms with Crippen LogP contribution in [0.1, 0.15) is 32.8 Å². The summed E-state index contributed by atoms with van der Waals surface area (Å²) in [5.41, 5.74) is 4.61. The number of nitrogens with one attached hydrogen (secondary N) is 1. The molecule has 6 nitrogen and oxygen atoms in total. The van der Waals surface area contributed by atoms with Gasteiger partial charge < -0.3 is 9.15 Å². The van der Waals surface area contributed by atoms with Crippen molar-refractivity contribution in [2.75, 3.05) is 4.72 Å². The summed E-state index contributed by atoms with van der Waals surface area (Å²) in [6.07, 6.45) is 1.52. The molecule has 5 rings (SSSR count). The molecule has 0 bridgehead atoms. The predicted octanol–water partition coefficient (Wildman–Crippen LogP) is 7.18. The molecule has 7 heteroatoms. The Kier molecular flexibility index (Phi) is 6.78. The van der Waals surface area contributed by atoms with Crippen molar-refractivity contribution in [1.29, 1.82) is 0 Å². The lowest BCUT2D eigenvalue weighted by molar-refractivity contribution is 0.0446. The predicted molar refractivity (Wildman–Crippen MR) is 149 cm³/mol. The van der Waals surface area contributed by atoms with Crippen molar-refractivity contribution in [2.45, 2.75) is 32.3 Å². The number of hydrogen-bond donors (Lipinski definition) is 1. The summed E-state index contributed by atoms with van der Waals surface area (Å²) in [6, 6.07) is 25.2. The largest absolute Gasteiger partial charge is 0.466 e. The number of ether oxygens (including phenoxy) is 1. The number of esters is 1. The quantitative estimate of drug-likeness (QED) is 0.227. The zero-order valence-electron chi connectivity index (χ0n) is 21.3. The van der Waals surface area contributed by atoms with Gasteiger partial charge in [0.25, 0.3) is 10.0 Å². The zero-order valence-corrected chi connectivity index (χ0v) is 22.1. The van der Waals surface area contributed by atoms with Gasteiger partial charge in [0.2, 0.25) is 0 Å². The SMILES string of the molecule is Cc1ccc(S(=O)(=O)Nc2cc(C)cc(C)c2-c2c(C(=O)OCc3ccco3)ccc3ccccc23)cc1. The number of carbonyl (C=O) groups is 1. The summed E-state index contributed by atoms with van der Waals surface area (Å²) >= 11 is 0. The van der Waals surface area contributed by atoms with E-state index < -0.39 is 16.0 Å². The second-order valence-corrected chi connectivity index (χ2v) is 11.0. The summed E-state index contributed by atoms with van der Waals surface area (Å²) in [5, 5.41) is 1.72. The van der Waals surface area contributed by atoms with E-state index in [1.165, 1.54) is 6.26 Å². The van der Waals surface area contributed by atoms with E-state index in [1.807, 2.05) is 57.2 Å². The van der Waals surface area contributed by atoms with Gasteiger partial charge in [-0.3, -0.25) is 4.72 Å². The molecule has 1 heterocycles. The average molecular weight is 526 g/mol. The molecule has 0 saturated carbocycles. The van der Waals surface area contributed by atoms with E-state index in [0.29, 0.717) is 28.1 Å². The van der Waals surface area contributed by atoms with Crippen LogP contribution in [0.2, 0.25) is 0 Å². The molecule has 192 valence electrons. The van der Waals surface area contributed by atoms with Gasteiger partial charge in [0.15, 0.2) is 0 Å². The maximum absolute atomic E-state index is 13.4. The lowest BCUT2D eigenvalue weighted by atomic mass is 9.89. The molecule has 0 saturated heterocycles. The lowest BCUT2D eigenvalue weighted by Crippen LogP contribution is -2.15. The number of benzene rings is 4. The Morgan fingerprint density at radius 2 is 1.61 bits per heavy atom. The van der Waals surface area contributed by atoms with Crippen LogP contribution in [0, 0.1) is 20.8 Å². The second-order valence-electron chi connectivity index (χ2n) is 9.29. The van der Waals surface area contributed by atoms with Gasteiger partial charge >= 0.3 is 5.97 Å². The number of rotatable bonds is 7. The minimum atomic E-state index is -3.90. The Hall–Kier alpha value is -4.36. The molecule has 0 amide bonds. The van der Waals surface area contributed by atoms with E-state index in [9.17, 15) is 13.2 Å². The number of sulfonamides is 1. The summed E-state index contributed by atoms with van der Waals surface area (Å²) in [7, 11) is -3.90. The first-order chi connectivity index (χ1) is 18.2. The highest BCUT2D eigenvalue weighted by Gasteiger charge is 2.24. The van der Waals surface area contributed by atoms with Crippen LogP contribution in [0.15, 0.2) is 101 Å². The molecule has 1 N–H and O–H groups in total. The molecule has 0 radical (unpaired) electrons. The fourth-order valence-corrected chi connectivity index (χ4v) is 5.68. The van der Waals surface area contributed by atoms with Gasteiger partial charge in [0.05, 0.1) is 22.4 Å². The van der Waals surface area contributed by atoms with Crippen molar-refractivity contribution in [3.63, 3.8) is 0 Å². The fourth-order valence-electron chi connectivity index (χ4n) is 4.62. The minimum Gasteiger partial charge on any atom is -0.466 e. The van der Waals surface area contributed by atoms with Gasteiger partial charge in [-0.15, -0.1) is 0 Å². The van der Waals surface area contributed by atoms with Crippen LogP contribution >= 0.6 is 0 Å². The molecule has 0 spiro atoms. The molecule has 0 aliphatic carbocycles. The summed E-state index contributed by atoms with van der Waals surface area (Å²) in [6.45, 7) is 5.70. The number of carbonyl (C=O) groups excluding carboxylic acids is 1. The Bertz CT molecular complexity index is 1740. The molecular weight excluding hydrogens is 498 g/mol. The van der Waals surface area contributed by atoms with Crippen molar-refractivity contribution in [3.8, 4) is 11.1 Å². The number of aryl methyl sites for hydroxylation is 3. The van der Waals surface area contributed by atoms with Crippen molar-refractivity contribution in [1.82, 2.24) is 0 Å². The van der Waals surface area contributed by atoms with Crippen LogP contribution in [-0.2, 0) is 21.4 Å². The summed E-state index contributed by atoms with van der Waals surface area (Å²) in [4.78, 5) is 13.6. The molecule has 0 aliphatic heterocycles. The molecule has 4 aromatic carbocycles.